The van der Waals surface area contributed by atoms with E-state index in [-0.39, 0.29) is 115 Å². The Kier molecular flexibility index (Phi) is 24.9. The van der Waals surface area contributed by atoms with Gasteiger partial charge in [-0.1, -0.05) is 126 Å². The summed E-state index contributed by atoms with van der Waals surface area (Å²) in [5, 5.41) is 111. The number of carbonyl (C=O) groups excluding carboxylic acids is 8. The molecule has 744 valence electrons. The van der Waals surface area contributed by atoms with Crippen molar-refractivity contribution in [3.8, 4) is 46.0 Å². The van der Waals surface area contributed by atoms with Crippen molar-refractivity contribution in [2.45, 2.75) is 281 Å². The number of ketones is 2. The van der Waals surface area contributed by atoms with Crippen LogP contribution in [-0.4, -0.2) is 262 Å². The second kappa shape index (κ2) is 35.8. The van der Waals surface area contributed by atoms with Crippen molar-refractivity contribution >= 4 is 47.4 Å². The number of rotatable bonds is 22. The van der Waals surface area contributed by atoms with Gasteiger partial charge in [-0.25, -0.2) is 9.59 Å². The van der Waals surface area contributed by atoms with Crippen LogP contribution in [0.15, 0.2) is 157 Å². The minimum Gasteiger partial charge on any atom is -0.504 e. The maximum absolute atomic E-state index is 13.7. The number of aliphatic hydroxyl groups is 6. The lowest BCUT2D eigenvalue weighted by atomic mass is 9.50. The number of likely N-dealkylation sites (N-methyl/N-ethyl adjacent to an activating group) is 4. The van der Waals surface area contributed by atoms with Gasteiger partial charge in [0.05, 0.1) is 74.3 Å². The number of benzene rings is 6. The number of nitrogens with zero attached hydrogens (tertiary/aromatic N) is 4. The minimum absolute atomic E-state index is 0.000884. The molecule has 6 aromatic rings. The predicted octanol–water partition coefficient (Wildman–Crippen LogP) is 9.26. The van der Waals surface area contributed by atoms with Crippen LogP contribution >= 0.6 is 0 Å². The number of ether oxygens (including phenoxy) is 10. The standard InChI is InChI=1S/C30H33NO7.C29H31NO7.C25H31NO7.C24H29NO7/c1-17(32)14-20(33)16-21(18-6-4-3-5-7-18)28(35)37-23-10-11-30(36)24-15-19-8-9-22(34)26-25(19)29(30,27(23)38-26)12-13-31(24)2;1-16(2)26(32)37-23(17-7-5-4-6-8-17)27(33)35-20-11-12-29(34)21-15-18-9-10-19(31)24-22(18)28(29,25(20)36-24)13-14-30(21)3;1-13(2)10-16(28)17(29)12-20(30)32-18-6-7-25(31)19-11-14-4-5-15(27)22-21(14)24(25,23(18)33-22)8-9-26(19)3;1-12(2)21(27)30-13(3)22(28)31-16-7-8-24(29)17-11-14-5-6-15(26)19-18(14)23(24,20(16)32-19)9-10-25(17)4/h3-10,17,21,24,27,32,34,36H,11-16H2,1-2H3;4-11,16,21,23,25,31,34H,12-15H2,1-3H3;4-6,13,17,19,23,27,29,31H,7-12H2,1-3H3;5-7,12-13,17,20,26,29H,8-11H2,1-4H3/t17-,21+,24-,27?,29?,30-;21-,23+,25?,28?,29-;17-,19+,23?,24?,25+;13-,17+,20?,23?,24+/m1100/s1. The molecule has 0 aromatic heterocycles. The van der Waals surface area contributed by atoms with Crippen LogP contribution in [0.25, 0.3) is 0 Å². The number of phenolic OH excluding ortho intramolecular Hbond substituents is 4. The first-order chi connectivity index (χ1) is 66.5. The normalized spacial score (nSPS) is 31.5. The zero-order chi connectivity index (χ0) is 99.6. The summed E-state index contributed by atoms with van der Waals surface area (Å²) in [5.74, 6) is -3.40. The molecule has 8 unspecified atom stereocenters. The quantitative estimate of drug-likeness (QED) is 0.0223. The van der Waals surface area contributed by atoms with Gasteiger partial charge in [-0.2, -0.15) is 0 Å². The summed E-state index contributed by atoms with van der Waals surface area (Å²) in [7, 11) is 8.04. The van der Waals surface area contributed by atoms with Crippen molar-refractivity contribution in [2.75, 3.05) is 54.4 Å². The number of piperidine rings is 4. The number of hydrogen-bond acceptors (Lipinski definition) is 32. The topological polar surface area (TPSA) is 444 Å². The summed E-state index contributed by atoms with van der Waals surface area (Å²) < 4.78 is 59.3. The molecule has 0 saturated carbocycles. The molecular weight excluding hydrogens is 1800 g/mol. The third-order valence-electron chi connectivity index (χ3n) is 33.2. The van der Waals surface area contributed by atoms with Crippen LogP contribution in [0.1, 0.15) is 200 Å². The van der Waals surface area contributed by atoms with E-state index < -0.39 is 153 Å². The van der Waals surface area contributed by atoms with E-state index in [4.69, 9.17) is 47.4 Å². The van der Waals surface area contributed by atoms with Gasteiger partial charge in [0.1, 0.15) is 34.9 Å². The first kappa shape index (κ1) is 97.3. The Bertz CT molecular complexity index is 6170. The molecule has 16 aliphatic rings. The molecule has 0 amide bonds. The van der Waals surface area contributed by atoms with Crippen LogP contribution in [-0.2, 0) is 114 Å². The van der Waals surface area contributed by atoms with E-state index in [9.17, 15) is 89.4 Å². The SMILES string of the molecule is CC(C)C(=O)O[C@@H](C)C(=O)OC1=CC[C@@]2(O)[C@H]3Cc4ccc(O)c5c4C2(CCN3C)C1O5.CC(C)C(=O)O[C@H](C(=O)OC1=CC[C@@]2(O)[C@H]3Cc4ccc(O)c5c4C2(CCN3C)C1O5)c1ccccc1.CC(C)CC(=O)[C@@H](O)CC(=O)OC1=CC[C@@]2(O)[C@H]3Cc4ccc(O)c5c4C2(CCN3C)C1O5.C[C@@H](O)CC(=O)C[C@H](C(=O)OC1=CC[C@@]2(O)[C@H]3Cc4ccc(O)c5c4C2(CCN3C)C1O5)c1ccccc1. The molecule has 32 nitrogen and oxygen atoms in total. The number of aromatic hydroxyl groups is 4. The first-order valence-electron chi connectivity index (χ1n) is 48.9. The molecule has 6 aromatic carbocycles. The first-order valence-corrected chi connectivity index (χ1v) is 48.9. The number of aliphatic hydroxyl groups excluding tert-OH is 2. The Balaban J connectivity index is 0.000000119. The Hall–Kier alpha value is -11.6. The van der Waals surface area contributed by atoms with E-state index in [2.05, 4.69) is 19.6 Å². The highest BCUT2D eigenvalue weighted by Gasteiger charge is 2.77. The molecule has 4 spiro atoms. The maximum atomic E-state index is 13.7. The second-order valence-corrected chi connectivity index (χ2v) is 42.3. The monoisotopic (exact) mass is 1920 g/mol. The van der Waals surface area contributed by atoms with Crippen LogP contribution in [0.3, 0.4) is 0 Å². The lowest BCUT2D eigenvalue weighted by molar-refractivity contribution is -0.177. The molecule has 8 aliphatic heterocycles. The molecule has 140 heavy (non-hydrogen) atoms. The average molecular weight is 1930 g/mol. The van der Waals surface area contributed by atoms with Gasteiger partial charge >= 0.3 is 35.8 Å². The number of phenols is 4. The molecule has 4 fully saturated rings. The smallest absolute Gasteiger partial charge is 0.357 e. The van der Waals surface area contributed by atoms with Gasteiger partial charge in [0.15, 0.2) is 82.3 Å². The third kappa shape index (κ3) is 15.0. The fourth-order valence-electron chi connectivity index (χ4n) is 26.4. The molecule has 10 N–H and O–H groups in total. The van der Waals surface area contributed by atoms with Crippen LogP contribution < -0.4 is 18.9 Å². The predicted molar refractivity (Wildman–Crippen MR) is 501 cm³/mol. The highest BCUT2D eigenvalue weighted by atomic mass is 16.6. The van der Waals surface area contributed by atoms with Gasteiger partial charge < -0.3 is 118 Å². The number of likely N-dealkylation sites (tertiary alicyclic amines) is 4. The van der Waals surface area contributed by atoms with Crippen molar-refractivity contribution in [2.24, 2.45) is 17.8 Å². The summed E-state index contributed by atoms with van der Waals surface area (Å²) in [6, 6.07) is 31.2. The van der Waals surface area contributed by atoms with Crippen molar-refractivity contribution in [1.82, 2.24) is 19.6 Å². The van der Waals surface area contributed by atoms with E-state index in [1.54, 1.807) is 132 Å². The van der Waals surface area contributed by atoms with Crippen molar-refractivity contribution < 1.29 is 137 Å². The second-order valence-electron chi connectivity index (χ2n) is 42.3. The van der Waals surface area contributed by atoms with Gasteiger partial charge in [0.2, 0.25) is 6.10 Å². The van der Waals surface area contributed by atoms with Gasteiger partial charge in [-0.05, 0) is 202 Å². The number of carbonyl (C=O) groups is 8. The van der Waals surface area contributed by atoms with Crippen LogP contribution in [0.2, 0.25) is 0 Å². The van der Waals surface area contributed by atoms with Crippen molar-refractivity contribution in [3.63, 3.8) is 0 Å². The minimum atomic E-state index is -1.42. The highest BCUT2D eigenvalue weighted by molar-refractivity contribution is 5.90. The molecule has 22 rings (SSSR count). The fraction of sp³-hybridized carbons (Fsp3) is 0.519. The molecule has 8 bridgehead atoms. The zero-order valence-corrected chi connectivity index (χ0v) is 80.7. The Morgan fingerprint density at radius 1 is 0.379 bits per heavy atom. The molecule has 0 radical (unpaired) electrons. The summed E-state index contributed by atoms with van der Waals surface area (Å²) in [5.41, 5.74) is 0.567. The van der Waals surface area contributed by atoms with E-state index in [0.717, 1.165) is 70.7 Å². The number of hydrogen-bond donors (Lipinski definition) is 10. The van der Waals surface area contributed by atoms with E-state index in [0.29, 0.717) is 103 Å². The van der Waals surface area contributed by atoms with E-state index in [1.165, 1.54) is 6.92 Å². The summed E-state index contributed by atoms with van der Waals surface area (Å²) >= 11 is 0. The molecule has 8 heterocycles. The van der Waals surface area contributed by atoms with E-state index >= 15 is 0 Å². The van der Waals surface area contributed by atoms with Gasteiger partial charge in [0.25, 0.3) is 0 Å². The zero-order valence-electron chi connectivity index (χ0n) is 80.7. The molecule has 32 heteroatoms. The molecular formula is C108H124N4O28. The number of esters is 6. The fourth-order valence-corrected chi connectivity index (χ4v) is 26.4. The molecule has 8 aliphatic carbocycles. The van der Waals surface area contributed by atoms with Crippen LogP contribution in [0, 0.1) is 17.8 Å². The largest absolute Gasteiger partial charge is 0.504 e. The van der Waals surface area contributed by atoms with Crippen molar-refractivity contribution in [1.29, 1.82) is 0 Å². The van der Waals surface area contributed by atoms with Crippen LogP contribution in [0.4, 0.5) is 0 Å². The third-order valence-corrected chi connectivity index (χ3v) is 33.2. The van der Waals surface area contributed by atoms with Gasteiger partial charge in [-0.15, -0.1) is 0 Å². The van der Waals surface area contributed by atoms with Gasteiger partial charge in [-0.3, -0.25) is 28.8 Å². The van der Waals surface area contributed by atoms with Gasteiger partial charge in [0, 0.05) is 96.9 Å². The van der Waals surface area contributed by atoms with Crippen LogP contribution in [0.5, 0.6) is 46.0 Å². The Morgan fingerprint density at radius 3 is 1.04 bits per heavy atom. The lowest BCUT2D eigenvalue weighted by Gasteiger charge is -2.61. The summed E-state index contributed by atoms with van der Waals surface area (Å²) in [6.07, 6.45) is 4.77. The Labute approximate surface area is 811 Å². The highest BCUT2D eigenvalue weighted by Crippen LogP contribution is 2.71. The summed E-state index contributed by atoms with van der Waals surface area (Å²) in [6.45, 7) is 16.5. The molecule has 21 atom stereocenters. The molecule has 4 saturated heterocycles. The maximum Gasteiger partial charge on any atom is 0.357 e. The van der Waals surface area contributed by atoms with Crippen molar-refractivity contribution in [3.05, 3.63) is 212 Å². The summed E-state index contributed by atoms with van der Waals surface area (Å²) in [4.78, 5) is 110. The average Bonchev–Trinajstić information content (AvgIpc) is 1.49. The van der Waals surface area contributed by atoms with E-state index in [1.807, 2.05) is 78.4 Å². The lowest BCUT2D eigenvalue weighted by Crippen LogP contribution is -2.74. The number of Topliss-reactive ketones (excluding diaryl/α,β-unsaturated/α-hetero) is 2. The Morgan fingerprint density at radius 2 is 0.700 bits per heavy atom.